The molecule has 2 aromatic rings. The molecule has 1 heterocycles. The van der Waals surface area contributed by atoms with Crippen molar-refractivity contribution in [1.29, 1.82) is 0 Å². The number of furan rings is 1. The fourth-order valence-corrected chi connectivity index (χ4v) is 1.39. The molecule has 0 spiro atoms. The van der Waals surface area contributed by atoms with E-state index in [1.165, 1.54) is 6.07 Å². The SMILES string of the molecule is NC(=S)c1ccc(-c2ccccc2F)o1. The van der Waals surface area contributed by atoms with Crippen molar-refractivity contribution in [1.82, 2.24) is 0 Å². The van der Waals surface area contributed by atoms with Crippen LogP contribution in [0, 0.1) is 5.82 Å². The molecule has 0 bridgehead atoms. The summed E-state index contributed by atoms with van der Waals surface area (Å²) in [6, 6.07) is 9.64. The van der Waals surface area contributed by atoms with Gasteiger partial charge in [0.15, 0.2) is 5.76 Å². The first-order chi connectivity index (χ1) is 7.18. The lowest BCUT2D eigenvalue weighted by Gasteiger charge is -1.98. The topological polar surface area (TPSA) is 39.2 Å². The third-order valence-corrected chi connectivity index (χ3v) is 2.19. The van der Waals surface area contributed by atoms with Gasteiger partial charge >= 0.3 is 0 Å². The lowest BCUT2D eigenvalue weighted by molar-refractivity contribution is 0.562. The third-order valence-electron chi connectivity index (χ3n) is 1.99. The summed E-state index contributed by atoms with van der Waals surface area (Å²) in [5, 5.41) is 0. The monoisotopic (exact) mass is 221 g/mol. The van der Waals surface area contributed by atoms with Gasteiger partial charge in [0, 0.05) is 0 Å². The molecule has 0 unspecified atom stereocenters. The predicted octanol–water partition coefficient (Wildman–Crippen LogP) is 2.72. The van der Waals surface area contributed by atoms with Crippen LogP contribution < -0.4 is 5.73 Å². The van der Waals surface area contributed by atoms with E-state index in [1.54, 1.807) is 30.3 Å². The van der Waals surface area contributed by atoms with Gasteiger partial charge in [-0.3, -0.25) is 0 Å². The highest BCUT2D eigenvalue weighted by Crippen LogP contribution is 2.24. The van der Waals surface area contributed by atoms with Gasteiger partial charge in [-0.15, -0.1) is 0 Å². The highest BCUT2D eigenvalue weighted by Gasteiger charge is 2.09. The van der Waals surface area contributed by atoms with Crippen molar-refractivity contribution >= 4 is 17.2 Å². The van der Waals surface area contributed by atoms with E-state index in [4.69, 9.17) is 22.4 Å². The van der Waals surface area contributed by atoms with Crippen LogP contribution in [0.1, 0.15) is 5.76 Å². The van der Waals surface area contributed by atoms with Gasteiger partial charge in [0.1, 0.15) is 16.6 Å². The van der Waals surface area contributed by atoms with E-state index in [1.807, 2.05) is 0 Å². The van der Waals surface area contributed by atoms with Gasteiger partial charge in [-0.1, -0.05) is 24.4 Å². The third kappa shape index (κ3) is 1.89. The maximum atomic E-state index is 13.4. The Morgan fingerprint density at radius 3 is 2.53 bits per heavy atom. The summed E-state index contributed by atoms with van der Waals surface area (Å²) in [6.45, 7) is 0. The van der Waals surface area contributed by atoms with E-state index in [2.05, 4.69) is 0 Å². The van der Waals surface area contributed by atoms with Crippen molar-refractivity contribution in [3.63, 3.8) is 0 Å². The molecule has 15 heavy (non-hydrogen) atoms. The number of nitrogens with two attached hydrogens (primary N) is 1. The Balaban J connectivity index is 2.46. The van der Waals surface area contributed by atoms with E-state index in [0.717, 1.165) is 0 Å². The Kier molecular flexibility index (Phi) is 2.51. The van der Waals surface area contributed by atoms with Gasteiger partial charge in [-0.05, 0) is 24.3 Å². The van der Waals surface area contributed by atoms with Gasteiger partial charge in [-0.25, -0.2) is 4.39 Å². The lowest BCUT2D eigenvalue weighted by Crippen LogP contribution is -2.07. The van der Waals surface area contributed by atoms with E-state index < -0.39 is 0 Å². The summed E-state index contributed by atoms with van der Waals surface area (Å²) in [5.74, 6) is 0.487. The largest absolute Gasteiger partial charge is 0.454 e. The molecule has 0 aliphatic rings. The van der Waals surface area contributed by atoms with Crippen molar-refractivity contribution in [2.45, 2.75) is 0 Å². The summed E-state index contributed by atoms with van der Waals surface area (Å²) in [5.41, 5.74) is 5.79. The maximum absolute atomic E-state index is 13.4. The Hall–Kier alpha value is -1.68. The van der Waals surface area contributed by atoms with E-state index in [9.17, 15) is 4.39 Å². The van der Waals surface area contributed by atoms with Crippen molar-refractivity contribution in [3.05, 3.63) is 48.0 Å². The highest BCUT2D eigenvalue weighted by molar-refractivity contribution is 7.80. The maximum Gasteiger partial charge on any atom is 0.161 e. The molecule has 0 saturated heterocycles. The van der Waals surface area contributed by atoms with Gasteiger partial charge in [0.2, 0.25) is 0 Å². The summed E-state index contributed by atoms with van der Waals surface area (Å²) >= 11 is 4.75. The molecular weight excluding hydrogens is 213 g/mol. The zero-order valence-corrected chi connectivity index (χ0v) is 8.55. The van der Waals surface area contributed by atoms with E-state index >= 15 is 0 Å². The molecule has 0 aliphatic carbocycles. The molecule has 1 aromatic carbocycles. The Morgan fingerprint density at radius 1 is 1.20 bits per heavy atom. The minimum Gasteiger partial charge on any atom is -0.454 e. The summed E-state index contributed by atoms with van der Waals surface area (Å²) in [6.07, 6.45) is 0. The molecule has 0 fully saturated rings. The van der Waals surface area contributed by atoms with Gasteiger partial charge in [0.25, 0.3) is 0 Å². The zero-order valence-electron chi connectivity index (χ0n) is 7.74. The number of benzene rings is 1. The Morgan fingerprint density at radius 2 is 1.93 bits per heavy atom. The van der Waals surface area contributed by atoms with Gasteiger partial charge in [-0.2, -0.15) is 0 Å². The summed E-state index contributed by atoms with van der Waals surface area (Å²) in [7, 11) is 0. The highest BCUT2D eigenvalue weighted by atomic mass is 32.1. The smallest absolute Gasteiger partial charge is 0.161 e. The molecule has 2 rings (SSSR count). The van der Waals surface area contributed by atoms with Crippen molar-refractivity contribution in [2.75, 3.05) is 0 Å². The van der Waals surface area contributed by atoms with E-state index in [0.29, 0.717) is 17.1 Å². The molecular formula is C11H8FNOS. The fourth-order valence-electron chi connectivity index (χ4n) is 1.28. The molecule has 4 heteroatoms. The molecule has 0 atom stereocenters. The van der Waals surface area contributed by atoms with Crippen LogP contribution in [-0.4, -0.2) is 4.99 Å². The van der Waals surface area contributed by atoms with Crippen LogP contribution in [0.4, 0.5) is 4.39 Å². The van der Waals surface area contributed by atoms with Crippen LogP contribution >= 0.6 is 12.2 Å². The minimum absolute atomic E-state index is 0.164. The van der Waals surface area contributed by atoms with Crippen LogP contribution in [0.25, 0.3) is 11.3 Å². The normalized spacial score (nSPS) is 10.2. The van der Waals surface area contributed by atoms with E-state index in [-0.39, 0.29) is 10.8 Å². The minimum atomic E-state index is -0.332. The lowest BCUT2D eigenvalue weighted by atomic mass is 10.1. The average molecular weight is 221 g/mol. The molecule has 0 saturated carbocycles. The molecule has 1 aromatic heterocycles. The van der Waals surface area contributed by atoms with Crippen LogP contribution in [0.3, 0.4) is 0 Å². The number of rotatable bonds is 2. The first-order valence-corrected chi connectivity index (χ1v) is 4.74. The molecule has 0 aliphatic heterocycles. The molecule has 0 radical (unpaired) electrons. The van der Waals surface area contributed by atoms with Gasteiger partial charge < -0.3 is 10.2 Å². The Bertz CT molecular complexity index is 507. The average Bonchev–Trinajstić information content (AvgIpc) is 2.67. The van der Waals surface area contributed by atoms with Crippen molar-refractivity contribution in [3.8, 4) is 11.3 Å². The second kappa shape index (κ2) is 3.82. The number of halogens is 1. The van der Waals surface area contributed by atoms with Crippen LogP contribution in [-0.2, 0) is 0 Å². The second-order valence-corrected chi connectivity index (χ2v) is 3.45. The Labute approximate surface area is 91.5 Å². The fraction of sp³-hybridized carbons (Fsp3) is 0. The molecule has 76 valence electrons. The molecule has 2 nitrogen and oxygen atoms in total. The first-order valence-electron chi connectivity index (χ1n) is 4.33. The quantitative estimate of drug-likeness (QED) is 0.792. The van der Waals surface area contributed by atoms with Crippen molar-refractivity contribution < 1.29 is 8.81 Å². The van der Waals surface area contributed by atoms with Crippen molar-refractivity contribution in [2.24, 2.45) is 5.73 Å². The van der Waals surface area contributed by atoms with Gasteiger partial charge in [0.05, 0.1) is 5.56 Å². The van der Waals surface area contributed by atoms with Crippen LogP contribution in [0.15, 0.2) is 40.8 Å². The molecule has 0 amide bonds. The van der Waals surface area contributed by atoms with Crippen LogP contribution in [0.2, 0.25) is 0 Å². The first kappa shape index (κ1) is 9.86. The number of thiocarbonyl (C=S) groups is 1. The second-order valence-electron chi connectivity index (χ2n) is 3.01. The molecule has 2 N–H and O–H groups in total. The predicted molar refractivity (Wildman–Crippen MR) is 60.0 cm³/mol. The summed E-state index contributed by atoms with van der Waals surface area (Å²) < 4.78 is 18.7. The number of hydrogen-bond donors (Lipinski definition) is 1. The standard InChI is InChI=1S/C11H8FNOS/c12-8-4-2-1-3-7(8)9-5-6-10(14-9)11(13)15/h1-6H,(H2,13,15). The van der Waals surface area contributed by atoms with Crippen LogP contribution in [0.5, 0.6) is 0 Å². The summed E-state index contributed by atoms with van der Waals surface area (Å²) in [4.78, 5) is 0.164. The zero-order chi connectivity index (χ0) is 10.8. The number of hydrogen-bond acceptors (Lipinski definition) is 2.